The van der Waals surface area contributed by atoms with Gasteiger partial charge in [-0.2, -0.15) is 13.2 Å². The van der Waals surface area contributed by atoms with Crippen molar-refractivity contribution in [2.45, 2.75) is 20.0 Å². The summed E-state index contributed by atoms with van der Waals surface area (Å²) in [6.45, 7) is 3.39. The zero-order valence-corrected chi connectivity index (χ0v) is 14.4. The lowest BCUT2D eigenvalue weighted by Crippen LogP contribution is -2.06. The smallest absolute Gasteiger partial charge is 0.360 e. The van der Waals surface area contributed by atoms with Gasteiger partial charge in [0.05, 0.1) is 16.3 Å². The van der Waals surface area contributed by atoms with Crippen LogP contribution in [0.3, 0.4) is 0 Å². The Balaban J connectivity index is 1.88. The molecule has 0 aliphatic carbocycles. The van der Waals surface area contributed by atoms with Crippen molar-refractivity contribution in [2.75, 3.05) is 10.6 Å². The van der Waals surface area contributed by atoms with E-state index >= 15 is 0 Å². The minimum Gasteiger partial charge on any atom is -0.360 e. The first-order valence-corrected chi connectivity index (χ1v) is 7.78. The second-order valence-electron chi connectivity index (χ2n) is 5.45. The summed E-state index contributed by atoms with van der Waals surface area (Å²) in [5, 5.41) is 9.65. The first-order chi connectivity index (χ1) is 12.2. The first-order valence-electron chi connectivity index (χ1n) is 7.40. The molecule has 3 aromatic rings. The summed E-state index contributed by atoms with van der Waals surface area (Å²) in [6.07, 6.45) is -4.47. The third-order valence-corrected chi connectivity index (χ3v) is 3.61. The zero-order chi connectivity index (χ0) is 18.9. The fourth-order valence-corrected chi connectivity index (χ4v) is 2.35. The summed E-state index contributed by atoms with van der Waals surface area (Å²) in [7, 11) is 0. The molecule has 2 heterocycles. The van der Waals surface area contributed by atoms with E-state index in [1.54, 1.807) is 19.9 Å². The lowest BCUT2D eigenvalue weighted by Gasteiger charge is -2.13. The number of benzene rings is 1. The van der Waals surface area contributed by atoms with E-state index in [1.165, 1.54) is 12.1 Å². The van der Waals surface area contributed by atoms with E-state index in [0.29, 0.717) is 23.2 Å². The van der Waals surface area contributed by atoms with E-state index in [4.69, 9.17) is 16.1 Å². The van der Waals surface area contributed by atoms with E-state index in [1.807, 2.05) is 0 Å². The molecule has 0 saturated heterocycles. The van der Waals surface area contributed by atoms with E-state index in [9.17, 15) is 13.2 Å². The Hall–Kier alpha value is -2.81. The number of aromatic nitrogens is 3. The van der Waals surface area contributed by atoms with Crippen molar-refractivity contribution < 1.29 is 17.7 Å². The highest BCUT2D eigenvalue weighted by molar-refractivity contribution is 6.33. The highest BCUT2D eigenvalue weighted by Gasteiger charge is 2.31. The van der Waals surface area contributed by atoms with Crippen LogP contribution in [-0.2, 0) is 6.18 Å². The molecule has 0 saturated carbocycles. The Labute approximate surface area is 151 Å². The molecule has 0 atom stereocenters. The van der Waals surface area contributed by atoms with Crippen LogP contribution in [-0.4, -0.2) is 15.1 Å². The van der Waals surface area contributed by atoms with Gasteiger partial charge >= 0.3 is 6.18 Å². The predicted octanol–water partition coefficient (Wildman–Crippen LogP) is 5.24. The average Bonchev–Trinajstić information content (AvgIpc) is 2.93. The van der Waals surface area contributed by atoms with Gasteiger partial charge in [0.15, 0.2) is 5.82 Å². The van der Waals surface area contributed by atoms with Gasteiger partial charge in [0.25, 0.3) is 0 Å². The fraction of sp³-hybridized carbons (Fsp3) is 0.188. The van der Waals surface area contributed by atoms with E-state index < -0.39 is 11.7 Å². The van der Waals surface area contributed by atoms with Crippen LogP contribution in [0.5, 0.6) is 0 Å². The summed E-state index contributed by atoms with van der Waals surface area (Å²) in [5.74, 6) is 2.15. The van der Waals surface area contributed by atoms with Crippen LogP contribution in [0.25, 0.3) is 0 Å². The quantitative estimate of drug-likeness (QED) is 0.641. The van der Waals surface area contributed by atoms with Crippen LogP contribution in [0.4, 0.5) is 36.3 Å². The Kier molecular flexibility index (Phi) is 4.73. The Morgan fingerprint density at radius 2 is 1.65 bits per heavy atom. The van der Waals surface area contributed by atoms with Crippen LogP contribution in [0, 0.1) is 13.8 Å². The number of alkyl halides is 3. The number of anilines is 4. The third-order valence-electron chi connectivity index (χ3n) is 3.28. The van der Waals surface area contributed by atoms with Crippen molar-refractivity contribution >= 4 is 34.7 Å². The Bertz CT molecular complexity index is 942. The molecule has 0 radical (unpaired) electrons. The van der Waals surface area contributed by atoms with Gasteiger partial charge in [-0.05, 0) is 32.0 Å². The Morgan fingerprint density at radius 3 is 2.27 bits per heavy atom. The van der Waals surface area contributed by atoms with Gasteiger partial charge in [-0.3, -0.25) is 0 Å². The molecule has 136 valence electrons. The van der Waals surface area contributed by atoms with Gasteiger partial charge in [-0.25, -0.2) is 9.97 Å². The molecule has 10 heteroatoms. The van der Waals surface area contributed by atoms with Crippen molar-refractivity contribution in [1.29, 1.82) is 0 Å². The highest BCUT2D eigenvalue weighted by atomic mass is 35.5. The van der Waals surface area contributed by atoms with Gasteiger partial charge in [0, 0.05) is 12.1 Å². The standard InChI is InChI=1S/C16H13ClF3N5O/c1-8-5-15(25-26-8)24-14-7-13(21-9(2)22-14)23-12-6-10(16(18,19)20)3-4-11(12)17/h3-7H,1-2H3,(H2,21,22,23,24,25). The first kappa shape index (κ1) is 18.0. The molecule has 0 aliphatic heterocycles. The van der Waals surface area contributed by atoms with Gasteiger partial charge in [-0.1, -0.05) is 16.8 Å². The van der Waals surface area contributed by atoms with Crippen molar-refractivity contribution in [2.24, 2.45) is 0 Å². The number of hydrogen-bond acceptors (Lipinski definition) is 6. The predicted molar refractivity (Wildman–Crippen MR) is 91.0 cm³/mol. The number of aryl methyl sites for hydroxylation is 2. The summed E-state index contributed by atoms with van der Waals surface area (Å²) in [6, 6.07) is 6.21. The number of halogens is 4. The molecule has 3 rings (SSSR count). The summed E-state index contributed by atoms with van der Waals surface area (Å²) < 4.78 is 43.6. The lowest BCUT2D eigenvalue weighted by molar-refractivity contribution is -0.137. The number of nitrogens with one attached hydrogen (secondary N) is 2. The normalized spacial score (nSPS) is 11.5. The summed E-state index contributed by atoms with van der Waals surface area (Å²) in [5.41, 5.74) is -0.727. The van der Waals surface area contributed by atoms with Crippen molar-refractivity contribution in [3.05, 3.63) is 52.5 Å². The Morgan fingerprint density at radius 1 is 0.962 bits per heavy atom. The third kappa shape index (κ3) is 4.23. The maximum Gasteiger partial charge on any atom is 0.416 e. The van der Waals surface area contributed by atoms with Crippen molar-refractivity contribution in [3.8, 4) is 0 Å². The molecule has 1 aromatic carbocycles. The van der Waals surface area contributed by atoms with Crippen LogP contribution in [0.1, 0.15) is 17.1 Å². The average molecular weight is 384 g/mol. The molecule has 0 amide bonds. The van der Waals surface area contributed by atoms with Crippen LogP contribution in [0.2, 0.25) is 5.02 Å². The molecule has 0 fully saturated rings. The molecule has 0 aliphatic rings. The second-order valence-corrected chi connectivity index (χ2v) is 5.86. The SMILES string of the molecule is Cc1nc(Nc2cc(C)on2)cc(Nc2cc(C(F)(F)F)ccc2Cl)n1. The molecular weight excluding hydrogens is 371 g/mol. The number of hydrogen-bond donors (Lipinski definition) is 2. The molecule has 0 unspecified atom stereocenters. The van der Waals surface area contributed by atoms with E-state index in [-0.39, 0.29) is 16.5 Å². The largest absolute Gasteiger partial charge is 0.416 e. The zero-order valence-electron chi connectivity index (χ0n) is 13.6. The topological polar surface area (TPSA) is 75.9 Å². The van der Waals surface area contributed by atoms with Gasteiger partial charge < -0.3 is 15.2 Å². The van der Waals surface area contributed by atoms with Crippen molar-refractivity contribution in [3.63, 3.8) is 0 Å². The van der Waals surface area contributed by atoms with Gasteiger partial charge in [-0.15, -0.1) is 0 Å². The van der Waals surface area contributed by atoms with Gasteiger partial charge in [0.2, 0.25) is 0 Å². The molecule has 2 N–H and O–H groups in total. The van der Waals surface area contributed by atoms with Crippen molar-refractivity contribution in [1.82, 2.24) is 15.1 Å². The second kappa shape index (κ2) is 6.83. The monoisotopic (exact) mass is 383 g/mol. The molecule has 6 nitrogen and oxygen atoms in total. The van der Waals surface area contributed by atoms with Crippen LogP contribution in [0.15, 0.2) is 34.9 Å². The lowest BCUT2D eigenvalue weighted by atomic mass is 10.2. The van der Waals surface area contributed by atoms with Crippen LogP contribution >= 0.6 is 11.6 Å². The molecule has 0 bridgehead atoms. The maximum atomic E-state index is 12.9. The summed E-state index contributed by atoms with van der Waals surface area (Å²) in [4.78, 5) is 8.37. The summed E-state index contributed by atoms with van der Waals surface area (Å²) >= 11 is 6.00. The minimum absolute atomic E-state index is 0.0859. The van der Waals surface area contributed by atoms with Gasteiger partial charge in [0.1, 0.15) is 23.2 Å². The maximum absolute atomic E-state index is 12.9. The number of rotatable bonds is 4. The molecular formula is C16H13ClF3N5O. The molecule has 2 aromatic heterocycles. The van der Waals surface area contributed by atoms with E-state index in [2.05, 4.69) is 25.8 Å². The molecule has 26 heavy (non-hydrogen) atoms. The fourth-order valence-electron chi connectivity index (χ4n) is 2.19. The minimum atomic E-state index is -4.47. The highest BCUT2D eigenvalue weighted by Crippen LogP contribution is 2.35. The number of nitrogens with zero attached hydrogens (tertiary/aromatic N) is 3. The molecule has 0 spiro atoms. The van der Waals surface area contributed by atoms with E-state index in [0.717, 1.165) is 12.1 Å². The van der Waals surface area contributed by atoms with Crippen LogP contribution < -0.4 is 10.6 Å².